The van der Waals surface area contributed by atoms with Gasteiger partial charge in [-0.25, -0.2) is 0 Å². The average molecular weight is 203 g/mol. The third-order valence-electron chi connectivity index (χ3n) is 3.45. The molecule has 3 rings (SSSR count). The predicted octanol–water partition coefficient (Wildman–Crippen LogP) is 1.53. The van der Waals surface area contributed by atoms with E-state index < -0.39 is 0 Å². The second-order valence-electron chi connectivity index (χ2n) is 4.60. The molecule has 1 saturated heterocycles. The molecule has 2 heteroatoms. The van der Waals surface area contributed by atoms with Gasteiger partial charge in [0.05, 0.1) is 6.61 Å². The average Bonchev–Trinajstić information content (AvgIpc) is 2.86. The SMILES string of the molecule is c1ccc2c(c1)CC(NC1CCOC1)C2. The summed E-state index contributed by atoms with van der Waals surface area (Å²) in [6.07, 6.45) is 3.55. The maximum atomic E-state index is 5.38. The van der Waals surface area contributed by atoms with Crippen molar-refractivity contribution < 1.29 is 4.74 Å². The molecule has 2 aliphatic rings. The summed E-state index contributed by atoms with van der Waals surface area (Å²) in [5.74, 6) is 0. The van der Waals surface area contributed by atoms with E-state index in [0.29, 0.717) is 12.1 Å². The Kier molecular flexibility index (Phi) is 2.47. The van der Waals surface area contributed by atoms with E-state index in [1.54, 1.807) is 0 Å². The van der Waals surface area contributed by atoms with Crippen LogP contribution in [0.2, 0.25) is 0 Å². The maximum absolute atomic E-state index is 5.38. The van der Waals surface area contributed by atoms with Crippen molar-refractivity contribution in [2.45, 2.75) is 31.3 Å². The fourth-order valence-corrected chi connectivity index (χ4v) is 2.68. The molecular weight excluding hydrogens is 186 g/mol. The fraction of sp³-hybridized carbons (Fsp3) is 0.538. The number of hydrogen-bond acceptors (Lipinski definition) is 2. The molecule has 0 saturated carbocycles. The smallest absolute Gasteiger partial charge is 0.0620 e. The summed E-state index contributed by atoms with van der Waals surface area (Å²) < 4.78 is 5.38. The first-order valence-electron chi connectivity index (χ1n) is 5.82. The second-order valence-corrected chi connectivity index (χ2v) is 4.60. The van der Waals surface area contributed by atoms with E-state index in [0.717, 1.165) is 13.2 Å². The Morgan fingerprint density at radius 3 is 2.40 bits per heavy atom. The minimum Gasteiger partial charge on any atom is -0.380 e. The van der Waals surface area contributed by atoms with Crippen LogP contribution < -0.4 is 5.32 Å². The minimum absolute atomic E-state index is 0.587. The summed E-state index contributed by atoms with van der Waals surface area (Å²) in [7, 11) is 0. The molecule has 0 radical (unpaired) electrons. The lowest BCUT2D eigenvalue weighted by Gasteiger charge is -2.16. The maximum Gasteiger partial charge on any atom is 0.0620 e. The molecule has 1 aliphatic heterocycles. The number of rotatable bonds is 2. The highest BCUT2D eigenvalue weighted by atomic mass is 16.5. The molecule has 1 heterocycles. The topological polar surface area (TPSA) is 21.3 Å². The molecule has 1 N–H and O–H groups in total. The molecule has 1 aromatic carbocycles. The molecule has 15 heavy (non-hydrogen) atoms. The molecule has 1 aromatic rings. The first-order chi connectivity index (χ1) is 7.42. The van der Waals surface area contributed by atoms with Crippen molar-refractivity contribution in [3.8, 4) is 0 Å². The van der Waals surface area contributed by atoms with E-state index in [9.17, 15) is 0 Å². The highest BCUT2D eigenvalue weighted by Gasteiger charge is 2.24. The molecule has 1 atom stereocenters. The van der Waals surface area contributed by atoms with Crippen molar-refractivity contribution in [1.29, 1.82) is 0 Å². The van der Waals surface area contributed by atoms with E-state index in [-0.39, 0.29) is 0 Å². The monoisotopic (exact) mass is 203 g/mol. The van der Waals surface area contributed by atoms with E-state index in [2.05, 4.69) is 29.6 Å². The number of nitrogens with one attached hydrogen (secondary N) is 1. The van der Waals surface area contributed by atoms with Gasteiger partial charge in [-0.2, -0.15) is 0 Å². The van der Waals surface area contributed by atoms with Crippen LogP contribution in [0.15, 0.2) is 24.3 Å². The molecule has 0 spiro atoms. The van der Waals surface area contributed by atoms with Gasteiger partial charge in [-0.05, 0) is 30.4 Å². The van der Waals surface area contributed by atoms with Crippen molar-refractivity contribution in [2.24, 2.45) is 0 Å². The minimum atomic E-state index is 0.587. The van der Waals surface area contributed by atoms with E-state index in [1.807, 2.05) is 0 Å². The van der Waals surface area contributed by atoms with Crippen LogP contribution in [0.5, 0.6) is 0 Å². The van der Waals surface area contributed by atoms with Crippen LogP contribution in [0, 0.1) is 0 Å². The normalized spacial score (nSPS) is 25.7. The first kappa shape index (κ1) is 9.37. The van der Waals surface area contributed by atoms with Gasteiger partial charge in [0, 0.05) is 18.7 Å². The Hall–Kier alpha value is -0.860. The zero-order valence-electron chi connectivity index (χ0n) is 8.91. The number of hydrogen-bond donors (Lipinski definition) is 1. The summed E-state index contributed by atoms with van der Waals surface area (Å²) in [6.45, 7) is 1.82. The Morgan fingerprint density at radius 1 is 1.07 bits per heavy atom. The first-order valence-corrected chi connectivity index (χ1v) is 5.82. The van der Waals surface area contributed by atoms with E-state index in [4.69, 9.17) is 4.74 Å². The molecule has 1 unspecified atom stereocenters. The summed E-state index contributed by atoms with van der Waals surface area (Å²) >= 11 is 0. The van der Waals surface area contributed by atoms with Crippen LogP contribution in [0.4, 0.5) is 0 Å². The number of ether oxygens (including phenoxy) is 1. The Labute approximate surface area is 90.6 Å². The van der Waals surface area contributed by atoms with Crippen LogP contribution in [0.1, 0.15) is 17.5 Å². The van der Waals surface area contributed by atoms with Crippen molar-refractivity contribution >= 4 is 0 Å². The Balaban J connectivity index is 1.63. The highest BCUT2D eigenvalue weighted by molar-refractivity contribution is 5.33. The van der Waals surface area contributed by atoms with Crippen LogP contribution in [0.25, 0.3) is 0 Å². The third kappa shape index (κ3) is 1.92. The molecule has 0 amide bonds. The molecule has 1 fully saturated rings. The lowest BCUT2D eigenvalue weighted by molar-refractivity contribution is 0.188. The van der Waals surface area contributed by atoms with Gasteiger partial charge in [0.25, 0.3) is 0 Å². The molecular formula is C13H17NO. The highest BCUT2D eigenvalue weighted by Crippen LogP contribution is 2.22. The molecule has 80 valence electrons. The molecule has 2 nitrogen and oxygen atoms in total. The zero-order chi connectivity index (χ0) is 10.1. The van der Waals surface area contributed by atoms with Crippen molar-refractivity contribution in [2.75, 3.05) is 13.2 Å². The largest absolute Gasteiger partial charge is 0.380 e. The van der Waals surface area contributed by atoms with Gasteiger partial charge in [-0.3, -0.25) is 0 Å². The summed E-state index contributed by atoms with van der Waals surface area (Å²) in [5, 5.41) is 3.70. The van der Waals surface area contributed by atoms with Crippen LogP contribution in [-0.4, -0.2) is 25.3 Å². The zero-order valence-corrected chi connectivity index (χ0v) is 8.91. The lowest BCUT2D eigenvalue weighted by atomic mass is 10.1. The van der Waals surface area contributed by atoms with Gasteiger partial charge >= 0.3 is 0 Å². The van der Waals surface area contributed by atoms with E-state index in [1.165, 1.54) is 30.4 Å². The van der Waals surface area contributed by atoms with Crippen molar-refractivity contribution in [1.82, 2.24) is 5.32 Å². The van der Waals surface area contributed by atoms with Gasteiger partial charge < -0.3 is 10.1 Å². The van der Waals surface area contributed by atoms with Crippen LogP contribution in [-0.2, 0) is 17.6 Å². The lowest BCUT2D eigenvalue weighted by Crippen LogP contribution is -2.39. The summed E-state index contributed by atoms with van der Waals surface area (Å²) in [6, 6.07) is 10.0. The van der Waals surface area contributed by atoms with E-state index >= 15 is 0 Å². The molecule has 0 bridgehead atoms. The molecule has 0 aromatic heterocycles. The quantitative estimate of drug-likeness (QED) is 0.787. The number of benzene rings is 1. The van der Waals surface area contributed by atoms with Crippen LogP contribution >= 0.6 is 0 Å². The van der Waals surface area contributed by atoms with Gasteiger partial charge in [0.2, 0.25) is 0 Å². The van der Waals surface area contributed by atoms with Crippen molar-refractivity contribution in [3.63, 3.8) is 0 Å². The summed E-state index contributed by atoms with van der Waals surface area (Å²) in [5.41, 5.74) is 3.04. The fourth-order valence-electron chi connectivity index (χ4n) is 2.68. The van der Waals surface area contributed by atoms with Crippen LogP contribution in [0.3, 0.4) is 0 Å². The van der Waals surface area contributed by atoms with Gasteiger partial charge in [-0.15, -0.1) is 0 Å². The standard InChI is InChI=1S/C13H17NO/c1-2-4-11-8-13(7-10(11)3-1)14-12-5-6-15-9-12/h1-4,12-14H,5-9H2. The third-order valence-corrected chi connectivity index (χ3v) is 3.45. The Bertz CT molecular complexity index is 319. The van der Waals surface area contributed by atoms with Gasteiger partial charge in [0.1, 0.15) is 0 Å². The van der Waals surface area contributed by atoms with Gasteiger partial charge in [-0.1, -0.05) is 24.3 Å². The van der Waals surface area contributed by atoms with Gasteiger partial charge in [0.15, 0.2) is 0 Å². The predicted molar refractivity (Wildman–Crippen MR) is 60.0 cm³/mol. The Morgan fingerprint density at radius 2 is 1.80 bits per heavy atom. The number of fused-ring (bicyclic) bond motifs is 1. The molecule has 1 aliphatic carbocycles. The summed E-state index contributed by atoms with van der Waals surface area (Å²) in [4.78, 5) is 0. The second kappa shape index (κ2) is 3.95. The van der Waals surface area contributed by atoms with Crippen molar-refractivity contribution in [3.05, 3.63) is 35.4 Å².